The van der Waals surface area contributed by atoms with E-state index >= 15 is 0 Å². The van der Waals surface area contributed by atoms with E-state index in [0.717, 1.165) is 19.5 Å². The first kappa shape index (κ1) is 7.98. The molecule has 1 aliphatic heterocycles. The Balaban J connectivity index is 2.51. The largest absolute Gasteiger partial charge is 0.394 e. The molecule has 0 aromatic carbocycles. The molecule has 0 radical (unpaired) electrons. The number of aliphatic hydroxyl groups excluding tert-OH is 1. The van der Waals surface area contributed by atoms with Gasteiger partial charge in [0.2, 0.25) is 0 Å². The lowest BCUT2D eigenvalue weighted by atomic mass is 10.0. The van der Waals surface area contributed by atoms with E-state index in [0.29, 0.717) is 0 Å². The van der Waals surface area contributed by atoms with E-state index < -0.39 is 0 Å². The van der Waals surface area contributed by atoms with Gasteiger partial charge in [0.25, 0.3) is 0 Å². The molecular weight excluding hydrogens is 128 g/mol. The summed E-state index contributed by atoms with van der Waals surface area (Å²) in [5.74, 6) is 0. The zero-order valence-electron chi connectivity index (χ0n) is 6.72. The van der Waals surface area contributed by atoms with E-state index in [4.69, 9.17) is 5.11 Å². The minimum Gasteiger partial charge on any atom is -0.394 e. The first-order valence-corrected chi connectivity index (χ1v) is 3.71. The molecule has 0 amide bonds. The fourth-order valence-corrected chi connectivity index (χ4v) is 1.49. The summed E-state index contributed by atoms with van der Waals surface area (Å²) >= 11 is 0. The maximum Gasteiger partial charge on any atom is 0.0626 e. The van der Waals surface area contributed by atoms with Crippen LogP contribution in [0.2, 0.25) is 0 Å². The normalized spacial score (nSPS) is 35.1. The third kappa shape index (κ3) is 1.31. The van der Waals surface area contributed by atoms with Crippen molar-refractivity contribution >= 4 is 0 Å². The molecule has 3 nitrogen and oxygen atoms in total. The molecule has 1 atom stereocenters. The highest BCUT2D eigenvalue weighted by molar-refractivity contribution is 4.94. The number of hydrogen-bond acceptors (Lipinski definition) is 3. The minimum atomic E-state index is -0.0191. The molecule has 1 heterocycles. The van der Waals surface area contributed by atoms with Gasteiger partial charge in [0.15, 0.2) is 0 Å². The van der Waals surface area contributed by atoms with Crippen LogP contribution in [0, 0.1) is 0 Å². The van der Waals surface area contributed by atoms with Crippen LogP contribution in [-0.4, -0.2) is 49.3 Å². The van der Waals surface area contributed by atoms with Crippen molar-refractivity contribution in [3.05, 3.63) is 0 Å². The Morgan fingerprint density at radius 3 is 2.60 bits per heavy atom. The summed E-state index contributed by atoms with van der Waals surface area (Å²) in [6.07, 6.45) is 1.05. The van der Waals surface area contributed by atoms with E-state index in [2.05, 4.69) is 17.3 Å². The van der Waals surface area contributed by atoms with Gasteiger partial charge in [0.1, 0.15) is 0 Å². The smallest absolute Gasteiger partial charge is 0.0626 e. The summed E-state index contributed by atoms with van der Waals surface area (Å²) in [6.45, 7) is 2.29. The van der Waals surface area contributed by atoms with Gasteiger partial charge in [-0.15, -0.1) is 0 Å². The average Bonchev–Trinajstić information content (AvgIpc) is 2.33. The Hall–Kier alpha value is -0.120. The second kappa shape index (κ2) is 2.86. The predicted octanol–water partition coefficient (Wildman–Crippen LogP) is -0.728. The molecule has 0 bridgehead atoms. The molecule has 1 rings (SSSR count). The van der Waals surface area contributed by atoms with Gasteiger partial charge >= 0.3 is 0 Å². The summed E-state index contributed by atoms with van der Waals surface area (Å²) in [6, 6.07) is 0. The van der Waals surface area contributed by atoms with E-state index in [1.807, 2.05) is 7.05 Å². The highest BCUT2D eigenvalue weighted by Gasteiger charge is 2.34. The summed E-state index contributed by atoms with van der Waals surface area (Å²) < 4.78 is 0. The quantitative estimate of drug-likeness (QED) is 0.536. The minimum absolute atomic E-state index is 0.0191. The van der Waals surface area contributed by atoms with Crippen molar-refractivity contribution < 1.29 is 5.11 Å². The number of nitrogens with zero attached hydrogens (tertiary/aromatic N) is 1. The van der Waals surface area contributed by atoms with Crippen LogP contribution in [0.25, 0.3) is 0 Å². The maximum absolute atomic E-state index is 9.05. The number of likely N-dealkylation sites (N-methyl/N-ethyl adjacent to an activating group) is 2. The maximum atomic E-state index is 9.05. The number of hydrogen-bond donors (Lipinski definition) is 2. The fraction of sp³-hybridized carbons (Fsp3) is 1.00. The van der Waals surface area contributed by atoms with Gasteiger partial charge in [0.05, 0.1) is 12.1 Å². The van der Waals surface area contributed by atoms with Crippen LogP contribution in [0.5, 0.6) is 0 Å². The molecule has 3 heteroatoms. The highest BCUT2D eigenvalue weighted by Crippen LogP contribution is 2.18. The molecular formula is C7H16N2O. The molecule has 1 aliphatic rings. The fourth-order valence-electron chi connectivity index (χ4n) is 1.49. The first-order chi connectivity index (χ1) is 4.72. The molecule has 0 aliphatic carbocycles. The van der Waals surface area contributed by atoms with E-state index in [9.17, 15) is 0 Å². The molecule has 1 unspecified atom stereocenters. The second-order valence-corrected chi connectivity index (χ2v) is 3.18. The van der Waals surface area contributed by atoms with Crippen molar-refractivity contribution in [3.63, 3.8) is 0 Å². The monoisotopic (exact) mass is 144 g/mol. The Morgan fingerprint density at radius 1 is 1.70 bits per heavy atom. The summed E-state index contributed by atoms with van der Waals surface area (Å²) in [5.41, 5.74) is -0.0191. The molecule has 2 N–H and O–H groups in total. The van der Waals surface area contributed by atoms with Crippen molar-refractivity contribution in [2.24, 2.45) is 0 Å². The third-order valence-corrected chi connectivity index (χ3v) is 2.38. The van der Waals surface area contributed by atoms with Gasteiger partial charge in [-0.3, -0.25) is 0 Å². The topological polar surface area (TPSA) is 35.5 Å². The predicted molar refractivity (Wildman–Crippen MR) is 41.0 cm³/mol. The van der Waals surface area contributed by atoms with Crippen molar-refractivity contribution in [2.75, 3.05) is 33.8 Å². The van der Waals surface area contributed by atoms with E-state index in [1.165, 1.54) is 0 Å². The lowest BCUT2D eigenvalue weighted by Gasteiger charge is -2.25. The number of rotatable bonds is 2. The highest BCUT2D eigenvalue weighted by atomic mass is 16.3. The van der Waals surface area contributed by atoms with E-state index in [-0.39, 0.29) is 12.1 Å². The molecule has 60 valence electrons. The van der Waals surface area contributed by atoms with Crippen LogP contribution in [0.15, 0.2) is 0 Å². The van der Waals surface area contributed by atoms with Crippen LogP contribution in [-0.2, 0) is 0 Å². The molecule has 0 saturated carbocycles. The van der Waals surface area contributed by atoms with Crippen LogP contribution < -0.4 is 5.32 Å². The molecule has 0 spiro atoms. The Labute approximate surface area is 62.0 Å². The molecule has 0 aromatic rings. The van der Waals surface area contributed by atoms with Gasteiger partial charge in [-0.1, -0.05) is 0 Å². The number of likely N-dealkylation sites (tertiary alicyclic amines) is 1. The molecule has 0 aromatic heterocycles. The summed E-state index contributed by atoms with van der Waals surface area (Å²) in [4.78, 5) is 2.23. The lowest BCUT2D eigenvalue weighted by Crippen LogP contribution is -2.48. The van der Waals surface area contributed by atoms with Crippen LogP contribution >= 0.6 is 0 Å². The number of aliphatic hydroxyl groups is 1. The second-order valence-electron chi connectivity index (χ2n) is 3.18. The Morgan fingerprint density at radius 2 is 2.40 bits per heavy atom. The van der Waals surface area contributed by atoms with Crippen LogP contribution in [0.1, 0.15) is 6.42 Å². The lowest BCUT2D eigenvalue weighted by molar-refractivity contribution is 0.173. The first-order valence-electron chi connectivity index (χ1n) is 3.71. The Kier molecular flexibility index (Phi) is 2.28. The summed E-state index contributed by atoms with van der Waals surface area (Å²) in [7, 11) is 3.99. The van der Waals surface area contributed by atoms with Gasteiger partial charge in [-0.05, 0) is 27.1 Å². The van der Waals surface area contributed by atoms with Crippen LogP contribution in [0.4, 0.5) is 0 Å². The SMILES string of the molecule is CNC1(CO)CCN(C)C1. The zero-order chi connectivity index (χ0) is 7.61. The molecule has 1 fully saturated rings. The van der Waals surface area contributed by atoms with Crippen molar-refractivity contribution in [1.82, 2.24) is 10.2 Å². The molecule has 1 saturated heterocycles. The van der Waals surface area contributed by atoms with Gasteiger partial charge in [0, 0.05) is 6.54 Å². The van der Waals surface area contributed by atoms with Crippen molar-refractivity contribution in [2.45, 2.75) is 12.0 Å². The number of nitrogens with one attached hydrogen (secondary N) is 1. The zero-order valence-corrected chi connectivity index (χ0v) is 6.72. The van der Waals surface area contributed by atoms with Crippen molar-refractivity contribution in [3.8, 4) is 0 Å². The van der Waals surface area contributed by atoms with Crippen molar-refractivity contribution in [1.29, 1.82) is 0 Å². The summed E-state index contributed by atoms with van der Waals surface area (Å²) in [5, 5.41) is 12.2. The molecule has 10 heavy (non-hydrogen) atoms. The van der Waals surface area contributed by atoms with E-state index in [1.54, 1.807) is 0 Å². The van der Waals surface area contributed by atoms with Gasteiger partial charge in [-0.25, -0.2) is 0 Å². The van der Waals surface area contributed by atoms with Gasteiger partial charge in [-0.2, -0.15) is 0 Å². The third-order valence-electron chi connectivity index (χ3n) is 2.38. The van der Waals surface area contributed by atoms with Crippen LogP contribution in [0.3, 0.4) is 0 Å². The average molecular weight is 144 g/mol. The Bertz CT molecular complexity index is 112. The van der Waals surface area contributed by atoms with Gasteiger partial charge < -0.3 is 15.3 Å². The standard InChI is InChI=1S/C7H16N2O/c1-8-7(6-10)3-4-9(2)5-7/h8,10H,3-6H2,1-2H3.